The highest BCUT2D eigenvalue weighted by Crippen LogP contribution is 2.00. The van der Waals surface area contributed by atoms with E-state index in [1.165, 1.54) is 5.01 Å². The van der Waals surface area contributed by atoms with Crippen molar-refractivity contribution in [2.45, 2.75) is 5.25 Å². The Morgan fingerprint density at radius 2 is 2.62 bits per heavy atom. The van der Waals surface area contributed by atoms with E-state index in [1.54, 1.807) is 0 Å². The van der Waals surface area contributed by atoms with E-state index >= 15 is 0 Å². The molecule has 1 fully saturated rings. The minimum Gasteiger partial charge on any atom is -0.279 e. The second-order valence-electron chi connectivity index (χ2n) is 1.77. The molecule has 0 aromatic heterocycles. The maximum Gasteiger partial charge on any atom is 0.223 e. The third-order valence-electron chi connectivity index (χ3n) is 1.06. The highest BCUT2D eigenvalue weighted by Gasteiger charge is 2.15. The maximum absolute atomic E-state index is 9.98. The van der Waals surface area contributed by atoms with E-state index < -0.39 is 0 Å². The Labute approximate surface area is 53.4 Å². The zero-order chi connectivity index (χ0) is 5.98. The van der Waals surface area contributed by atoms with Crippen LogP contribution in [0.5, 0.6) is 0 Å². The SMILES string of the molecule is O=CN1CC(S)CN1. The minimum atomic E-state index is 0.306. The number of hydrogen-bond acceptors (Lipinski definition) is 3. The van der Waals surface area contributed by atoms with Crippen LogP contribution in [0, 0.1) is 0 Å². The lowest BCUT2D eigenvalue weighted by Crippen LogP contribution is -2.28. The lowest BCUT2D eigenvalue weighted by atomic mass is 10.5. The first-order valence-corrected chi connectivity index (χ1v) is 2.98. The van der Waals surface area contributed by atoms with Gasteiger partial charge in [0.25, 0.3) is 0 Å². The molecule has 1 heterocycles. The van der Waals surface area contributed by atoms with E-state index in [9.17, 15) is 4.79 Å². The van der Waals surface area contributed by atoms with Gasteiger partial charge in [0.05, 0.1) is 0 Å². The fraction of sp³-hybridized carbons (Fsp3) is 0.750. The zero-order valence-electron chi connectivity index (χ0n) is 4.37. The maximum atomic E-state index is 9.98. The molecule has 1 rings (SSSR count). The lowest BCUT2D eigenvalue weighted by Gasteiger charge is -2.04. The summed E-state index contributed by atoms with van der Waals surface area (Å²) in [6.07, 6.45) is 0.774. The highest BCUT2D eigenvalue weighted by molar-refractivity contribution is 7.81. The first-order chi connectivity index (χ1) is 3.83. The summed E-state index contributed by atoms with van der Waals surface area (Å²) >= 11 is 4.14. The number of rotatable bonds is 1. The molecule has 1 unspecified atom stereocenters. The van der Waals surface area contributed by atoms with Gasteiger partial charge in [-0.3, -0.25) is 9.80 Å². The standard InChI is InChI=1S/C4H8N2OS/c7-3-6-2-4(8)1-5-6/h3-5,8H,1-2H2. The Morgan fingerprint density at radius 1 is 1.88 bits per heavy atom. The van der Waals surface area contributed by atoms with Gasteiger partial charge in [-0.05, 0) is 0 Å². The van der Waals surface area contributed by atoms with Gasteiger partial charge in [-0.2, -0.15) is 12.6 Å². The van der Waals surface area contributed by atoms with Crippen molar-refractivity contribution in [1.29, 1.82) is 0 Å². The van der Waals surface area contributed by atoms with Gasteiger partial charge in [0.15, 0.2) is 0 Å². The molecule has 3 nitrogen and oxygen atoms in total. The van der Waals surface area contributed by atoms with Gasteiger partial charge in [-0.15, -0.1) is 0 Å². The van der Waals surface area contributed by atoms with Crippen LogP contribution in [0.1, 0.15) is 0 Å². The topological polar surface area (TPSA) is 32.3 Å². The third-order valence-corrected chi connectivity index (χ3v) is 1.41. The number of hydrogen-bond donors (Lipinski definition) is 2. The Balaban J connectivity index is 2.32. The summed E-state index contributed by atoms with van der Waals surface area (Å²) < 4.78 is 0. The van der Waals surface area contributed by atoms with E-state index in [4.69, 9.17) is 0 Å². The minimum absolute atomic E-state index is 0.306. The van der Waals surface area contributed by atoms with Crippen molar-refractivity contribution >= 4 is 19.0 Å². The van der Waals surface area contributed by atoms with Crippen molar-refractivity contribution in [3.63, 3.8) is 0 Å². The van der Waals surface area contributed by atoms with Gasteiger partial charge in [0.1, 0.15) is 0 Å². The predicted molar refractivity (Wildman–Crippen MR) is 33.5 cm³/mol. The number of nitrogens with one attached hydrogen (secondary N) is 1. The Bertz CT molecular complexity index is 98.0. The third kappa shape index (κ3) is 1.14. The average Bonchev–Trinajstić information content (AvgIpc) is 2.14. The number of thiol groups is 1. The molecule has 1 amide bonds. The molecule has 1 saturated heterocycles. The second-order valence-corrected chi connectivity index (χ2v) is 2.50. The van der Waals surface area contributed by atoms with Crippen LogP contribution in [0.4, 0.5) is 0 Å². The number of carbonyl (C=O) groups excluding carboxylic acids is 1. The Hall–Kier alpha value is -0.220. The molecule has 1 aliphatic rings. The molecule has 0 radical (unpaired) electrons. The van der Waals surface area contributed by atoms with Crippen molar-refractivity contribution < 1.29 is 4.79 Å². The smallest absolute Gasteiger partial charge is 0.223 e. The van der Waals surface area contributed by atoms with Crippen LogP contribution in [0.25, 0.3) is 0 Å². The molecule has 0 spiro atoms. The summed E-state index contributed by atoms with van der Waals surface area (Å²) in [6, 6.07) is 0. The summed E-state index contributed by atoms with van der Waals surface area (Å²) in [5.74, 6) is 0. The van der Waals surface area contributed by atoms with Crippen LogP contribution >= 0.6 is 12.6 Å². The van der Waals surface area contributed by atoms with Crippen molar-refractivity contribution in [3.8, 4) is 0 Å². The number of hydrazine groups is 1. The molecular weight excluding hydrogens is 124 g/mol. The largest absolute Gasteiger partial charge is 0.279 e. The lowest BCUT2D eigenvalue weighted by molar-refractivity contribution is -0.119. The van der Waals surface area contributed by atoms with Crippen LogP contribution in [0.2, 0.25) is 0 Å². The molecule has 46 valence electrons. The number of nitrogens with zero attached hydrogens (tertiary/aromatic N) is 1. The van der Waals surface area contributed by atoms with E-state index in [2.05, 4.69) is 18.1 Å². The molecule has 0 aromatic rings. The van der Waals surface area contributed by atoms with Crippen LogP contribution in [0.3, 0.4) is 0 Å². The van der Waals surface area contributed by atoms with Gasteiger partial charge in [-0.1, -0.05) is 0 Å². The molecular formula is C4H8N2OS. The molecule has 1 N–H and O–H groups in total. The predicted octanol–water partition coefficient (Wildman–Crippen LogP) is -0.739. The van der Waals surface area contributed by atoms with E-state index in [-0.39, 0.29) is 0 Å². The first-order valence-electron chi connectivity index (χ1n) is 2.46. The van der Waals surface area contributed by atoms with Gasteiger partial charge in [0, 0.05) is 18.3 Å². The average molecular weight is 132 g/mol. The van der Waals surface area contributed by atoms with Crippen LogP contribution in [-0.4, -0.2) is 29.8 Å². The van der Waals surface area contributed by atoms with Crippen molar-refractivity contribution in [3.05, 3.63) is 0 Å². The molecule has 4 heteroatoms. The van der Waals surface area contributed by atoms with Crippen LogP contribution < -0.4 is 5.43 Å². The summed E-state index contributed by atoms with van der Waals surface area (Å²) in [5, 5.41) is 1.80. The van der Waals surface area contributed by atoms with Gasteiger partial charge in [0.2, 0.25) is 6.41 Å². The summed E-state index contributed by atoms with van der Waals surface area (Å²) in [6.45, 7) is 1.51. The van der Waals surface area contributed by atoms with Crippen molar-refractivity contribution in [2.75, 3.05) is 13.1 Å². The van der Waals surface area contributed by atoms with Crippen LogP contribution in [-0.2, 0) is 4.79 Å². The number of carbonyl (C=O) groups is 1. The van der Waals surface area contributed by atoms with Crippen molar-refractivity contribution in [2.24, 2.45) is 0 Å². The molecule has 0 aromatic carbocycles. The molecule has 0 aliphatic carbocycles. The monoisotopic (exact) mass is 132 g/mol. The Morgan fingerprint density at radius 3 is 2.88 bits per heavy atom. The molecule has 1 aliphatic heterocycles. The molecule has 0 bridgehead atoms. The zero-order valence-corrected chi connectivity index (χ0v) is 5.27. The fourth-order valence-corrected chi connectivity index (χ4v) is 0.917. The van der Waals surface area contributed by atoms with Gasteiger partial charge < -0.3 is 0 Å². The van der Waals surface area contributed by atoms with E-state index in [1.807, 2.05) is 0 Å². The molecule has 8 heavy (non-hydrogen) atoms. The summed E-state index contributed by atoms with van der Waals surface area (Å²) in [5.41, 5.74) is 2.84. The van der Waals surface area contributed by atoms with Gasteiger partial charge >= 0.3 is 0 Å². The van der Waals surface area contributed by atoms with E-state index in [0.717, 1.165) is 13.0 Å². The van der Waals surface area contributed by atoms with Gasteiger partial charge in [-0.25, -0.2) is 5.43 Å². The summed E-state index contributed by atoms with van der Waals surface area (Å²) in [7, 11) is 0. The van der Waals surface area contributed by atoms with Crippen molar-refractivity contribution in [1.82, 2.24) is 10.4 Å². The summed E-state index contributed by atoms with van der Waals surface area (Å²) in [4.78, 5) is 9.98. The first kappa shape index (κ1) is 5.91. The second kappa shape index (κ2) is 2.37. The highest BCUT2D eigenvalue weighted by atomic mass is 32.1. The molecule has 1 atom stereocenters. The van der Waals surface area contributed by atoms with Crippen LogP contribution in [0.15, 0.2) is 0 Å². The number of amides is 1. The van der Waals surface area contributed by atoms with E-state index in [0.29, 0.717) is 11.8 Å². The fourth-order valence-electron chi connectivity index (χ4n) is 0.659. The normalized spacial score (nSPS) is 28.6. The molecule has 0 saturated carbocycles. The quantitative estimate of drug-likeness (QED) is 0.364. The Kier molecular flexibility index (Phi) is 1.75.